The first-order chi connectivity index (χ1) is 21.4. The Morgan fingerprint density at radius 3 is 2.20 bits per heavy atom. The highest BCUT2D eigenvalue weighted by molar-refractivity contribution is 7.57. The zero-order valence-electron chi connectivity index (χ0n) is 24.7. The molecule has 1 saturated carbocycles. The van der Waals surface area contributed by atoms with Crippen LogP contribution in [0.1, 0.15) is 67.6 Å². The number of nitro groups is 1. The average Bonchev–Trinajstić information content (AvgIpc) is 3.38. The number of non-ortho nitro benzene ring substituents is 1. The lowest BCUT2D eigenvalue weighted by Crippen LogP contribution is -2.44. The van der Waals surface area contributed by atoms with Crippen LogP contribution >= 0.6 is 7.52 Å². The molecule has 0 aromatic heterocycles. The number of rotatable bonds is 14. The molecule has 3 aromatic carbocycles. The van der Waals surface area contributed by atoms with E-state index >= 15 is 0 Å². The quantitative estimate of drug-likeness (QED) is 0.0749. The first-order valence-corrected chi connectivity index (χ1v) is 17.0. The van der Waals surface area contributed by atoms with Crippen molar-refractivity contribution in [1.29, 1.82) is 0 Å². The Labute approximate surface area is 257 Å². The van der Waals surface area contributed by atoms with Gasteiger partial charge in [0.1, 0.15) is 12.4 Å². The molecular formula is C33H40N3O7P. The highest BCUT2D eigenvalue weighted by atomic mass is 31.2. The van der Waals surface area contributed by atoms with Gasteiger partial charge in [0.25, 0.3) is 13.2 Å². The molecule has 1 amide bonds. The van der Waals surface area contributed by atoms with Crippen molar-refractivity contribution in [3.63, 3.8) is 0 Å². The molecule has 1 unspecified atom stereocenters. The van der Waals surface area contributed by atoms with Gasteiger partial charge in [0.05, 0.1) is 11.5 Å². The lowest BCUT2D eigenvalue weighted by molar-refractivity contribution is -0.384. The molecule has 5 rings (SSSR count). The number of amides is 1. The van der Waals surface area contributed by atoms with Crippen LogP contribution in [-0.2, 0) is 20.4 Å². The summed E-state index contributed by atoms with van der Waals surface area (Å²) >= 11 is 0. The molecule has 0 aliphatic heterocycles. The standard InChI is InChI=1S/C33H40N3O7P/c37-21-9-8-20-34-44(41,43-22-24-16-18-26(19-17-24)36(39)40)32(25-10-2-1-3-11-25)35-33(38)42-23-31-29-14-6-4-12-27(29)28-13-5-7-15-30(28)31/h4-7,12-19,25,31-32,37H,1-3,8-11,20-23H2,(H,34,41)(H,35,38)/t32-,44?/m1/s1. The maximum Gasteiger partial charge on any atom is 0.407 e. The molecule has 0 radical (unpaired) electrons. The van der Waals surface area contributed by atoms with Crippen LogP contribution in [0.2, 0.25) is 0 Å². The van der Waals surface area contributed by atoms with Crippen molar-refractivity contribution in [2.75, 3.05) is 19.8 Å². The number of aliphatic hydroxyl groups excluding tert-OH is 1. The number of alkyl carbamates (subject to hydrolysis) is 1. The van der Waals surface area contributed by atoms with Gasteiger partial charge in [-0.05, 0) is 71.6 Å². The van der Waals surface area contributed by atoms with Gasteiger partial charge in [0.2, 0.25) is 0 Å². The van der Waals surface area contributed by atoms with Gasteiger partial charge in [-0.2, -0.15) is 0 Å². The monoisotopic (exact) mass is 621 g/mol. The first-order valence-electron chi connectivity index (χ1n) is 15.3. The molecule has 11 heteroatoms. The van der Waals surface area contributed by atoms with Crippen LogP contribution in [-0.4, -0.2) is 41.7 Å². The van der Waals surface area contributed by atoms with Gasteiger partial charge >= 0.3 is 6.09 Å². The van der Waals surface area contributed by atoms with Gasteiger partial charge in [-0.1, -0.05) is 67.8 Å². The van der Waals surface area contributed by atoms with Crippen molar-refractivity contribution in [3.05, 3.63) is 99.6 Å². The van der Waals surface area contributed by atoms with E-state index < -0.39 is 24.3 Å². The molecule has 44 heavy (non-hydrogen) atoms. The van der Waals surface area contributed by atoms with Gasteiger partial charge in [0.15, 0.2) is 0 Å². The number of benzene rings is 3. The summed E-state index contributed by atoms with van der Waals surface area (Å²) in [6.07, 6.45) is 5.02. The maximum absolute atomic E-state index is 14.7. The molecule has 2 atom stereocenters. The van der Waals surface area contributed by atoms with Crippen molar-refractivity contribution >= 4 is 19.3 Å². The Morgan fingerprint density at radius 1 is 0.955 bits per heavy atom. The van der Waals surface area contributed by atoms with Crippen molar-refractivity contribution in [2.45, 2.75) is 63.3 Å². The van der Waals surface area contributed by atoms with Crippen LogP contribution in [0.15, 0.2) is 72.8 Å². The van der Waals surface area contributed by atoms with Crippen LogP contribution in [0.5, 0.6) is 0 Å². The second kappa shape index (κ2) is 14.9. The summed E-state index contributed by atoms with van der Waals surface area (Å²) in [6, 6.07) is 22.2. The average molecular weight is 622 g/mol. The smallest absolute Gasteiger partial charge is 0.407 e. The third-order valence-electron chi connectivity index (χ3n) is 8.56. The Balaban J connectivity index is 1.33. The number of nitrogens with zero attached hydrogens (tertiary/aromatic N) is 1. The molecule has 2 aliphatic carbocycles. The van der Waals surface area contributed by atoms with E-state index in [4.69, 9.17) is 9.26 Å². The van der Waals surface area contributed by atoms with Crippen LogP contribution < -0.4 is 10.4 Å². The van der Waals surface area contributed by atoms with Crippen LogP contribution in [0, 0.1) is 16.0 Å². The minimum Gasteiger partial charge on any atom is -0.449 e. The van der Waals surface area contributed by atoms with Gasteiger partial charge < -0.3 is 19.7 Å². The number of nitrogens with one attached hydrogen (secondary N) is 2. The maximum atomic E-state index is 14.7. The summed E-state index contributed by atoms with van der Waals surface area (Å²) in [6.45, 7) is 0.417. The first kappa shape index (κ1) is 31.9. The second-order valence-corrected chi connectivity index (χ2v) is 13.8. The van der Waals surface area contributed by atoms with E-state index in [9.17, 15) is 24.6 Å². The molecule has 3 aromatic rings. The number of nitro benzene ring substituents is 1. The molecule has 10 nitrogen and oxygen atoms in total. The molecule has 1 fully saturated rings. The van der Waals surface area contributed by atoms with E-state index in [-0.39, 0.29) is 37.3 Å². The number of aliphatic hydroxyl groups is 1. The summed E-state index contributed by atoms with van der Waals surface area (Å²) in [5, 5.41) is 26.4. The predicted octanol–water partition coefficient (Wildman–Crippen LogP) is 7.11. The molecule has 0 spiro atoms. The van der Waals surface area contributed by atoms with E-state index in [1.807, 2.05) is 24.3 Å². The highest BCUT2D eigenvalue weighted by Crippen LogP contribution is 2.53. The fourth-order valence-corrected chi connectivity index (χ4v) is 8.66. The zero-order valence-corrected chi connectivity index (χ0v) is 25.6. The number of hydrogen-bond donors (Lipinski definition) is 3. The molecule has 0 bridgehead atoms. The zero-order chi connectivity index (χ0) is 30.9. The minimum absolute atomic E-state index is 0.0136. The van der Waals surface area contributed by atoms with E-state index in [0.717, 1.165) is 54.4 Å². The lowest BCUT2D eigenvalue weighted by atomic mass is 9.89. The summed E-state index contributed by atoms with van der Waals surface area (Å²) < 4.78 is 26.6. The van der Waals surface area contributed by atoms with Gasteiger partial charge in [-0.3, -0.25) is 14.7 Å². The predicted molar refractivity (Wildman–Crippen MR) is 168 cm³/mol. The molecule has 2 aliphatic rings. The number of unbranched alkanes of at least 4 members (excludes halogenated alkanes) is 1. The van der Waals surface area contributed by atoms with E-state index in [1.165, 1.54) is 12.1 Å². The number of carbonyl (C=O) groups excluding carboxylic acids is 1. The molecule has 3 N–H and O–H groups in total. The second-order valence-electron chi connectivity index (χ2n) is 11.4. The van der Waals surface area contributed by atoms with Crippen molar-refractivity contribution in [1.82, 2.24) is 10.4 Å². The summed E-state index contributed by atoms with van der Waals surface area (Å²) in [5.74, 6) is -1.02. The lowest BCUT2D eigenvalue weighted by Gasteiger charge is -2.36. The Bertz CT molecular complexity index is 1430. The van der Waals surface area contributed by atoms with Crippen LogP contribution in [0.25, 0.3) is 11.1 Å². The molecule has 234 valence electrons. The molecular weight excluding hydrogens is 581 g/mol. The number of hydrogen-bond acceptors (Lipinski definition) is 7. The number of fused-ring (bicyclic) bond motifs is 3. The highest BCUT2D eigenvalue weighted by Gasteiger charge is 2.42. The van der Waals surface area contributed by atoms with E-state index in [2.05, 4.69) is 34.7 Å². The van der Waals surface area contributed by atoms with Crippen molar-refractivity contribution in [3.8, 4) is 11.1 Å². The normalized spacial score (nSPS) is 16.8. The van der Waals surface area contributed by atoms with Gasteiger partial charge in [0, 0.05) is 31.2 Å². The Kier molecular flexibility index (Phi) is 10.8. The molecule has 0 heterocycles. The van der Waals surface area contributed by atoms with Gasteiger partial charge in [-0.15, -0.1) is 0 Å². The van der Waals surface area contributed by atoms with E-state index in [0.29, 0.717) is 24.9 Å². The largest absolute Gasteiger partial charge is 0.449 e. The minimum atomic E-state index is -3.72. The van der Waals surface area contributed by atoms with Gasteiger partial charge in [-0.25, -0.2) is 9.88 Å². The number of ether oxygens (including phenoxy) is 1. The Hall–Kier alpha value is -3.56. The summed E-state index contributed by atoms with van der Waals surface area (Å²) in [7, 11) is -3.72. The molecule has 0 saturated heterocycles. The summed E-state index contributed by atoms with van der Waals surface area (Å²) in [4.78, 5) is 24.0. The van der Waals surface area contributed by atoms with Crippen molar-refractivity contribution in [2.24, 2.45) is 5.92 Å². The number of carbonyl (C=O) groups is 1. The Morgan fingerprint density at radius 2 is 1.59 bits per heavy atom. The van der Waals surface area contributed by atoms with Crippen LogP contribution in [0.4, 0.5) is 10.5 Å². The third kappa shape index (κ3) is 7.56. The fourth-order valence-electron chi connectivity index (χ4n) is 6.27. The third-order valence-corrected chi connectivity index (χ3v) is 11.0. The fraction of sp³-hybridized carbons (Fsp3) is 0.424. The SMILES string of the molecule is O=C(N[C@@H](C1CCCCC1)P(=O)(NCCCCO)OCc1ccc([N+](=O)[O-])cc1)OCC1c2ccccc2-c2ccccc21. The van der Waals surface area contributed by atoms with E-state index in [1.54, 1.807) is 12.1 Å². The summed E-state index contributed by atoms with van der Waals surface area (Å²) in [5.41, 5.74) is 5.05. The van der Waals surface area contributed by atoms with Crippen LogP contribution in [0.3, 0.4) is 0 Å². The topological polar surface area (TPSA) is 140 Å². The van der Waals surface area contributed by atoms with Crippen molar-refractivity contribution < 1.29 is 28.7 Å².